The van der Waals surface area contributed by atoms with Crippen molar-refractivity contribution in [2.45, 2.75) is 45.7 Å². The third kappa shape index (κ3) is 2.63. The quantitative estimate of drug-likeness (QED) is 0.782. The van der Waals surface area contributed by atoms with Crippen LogP contribution in [-0.4, -0.2) is 11.0 Å². The highest BCUT2D eigenvalue weighted by molar-refractivity contribution is 5.08. The van der Waals surface area contributed by atoms with Gasteiger partial charge in [-0.15, -0.1) is 0 Å². The van der Waals surface area contributed by atoms with Gasteiger partial charge in [0.05, 0.1) is 0 Å². The minimum absolute atomic E-state index is 0.702. The summed E-state index contributed by atoms with van der Waals surface area (Å²) < 4.78 is 0. The van der Waals surface area contributed by atoms with Crippen LogP contribution in [0.15, 0.2) is 18.5 Å². The van der Waals surface area contributed by atoms with Gasteiger partial charge in [0, 0.05) is 25.0 Å². The van der Waals surface area contributed by atoms with Gasteiger partial charge in [-0.2, -0.15) is 0 Å². The van der Waals surface area contributed by atoms with Crippen LogP contribution in [-0.2, 0) is 6.54 Å². The second kappa shape index (κ2) is 4.84. The Hall–Kier alpha value is -0.760. The van der Waals surface area contributed by atoms with Crippen LogP contribution in [0.5, 0.6) is 0 Å². The molecule has 2 rings (SSSR count). The number of H-pyrrole nitrogens is 1. The van der Waals surface area contributed by atoms with E-state index in [4.69, 9.17) is 0 Å². The normalized spacial score (nSPS) is 31.7. The van der Waals surface area contributed by atoms with E-state index < -0.39 is 0 Å². The molecule has 2 N–H and O–H groups in total. The van der Waals surface area contributed by atoms with Crippen molar-refractivity contribution in [1.82, 2.24) is 10.3 Å². The van der Waals surface area contributed by atoms with E-state index in [2.05, 4.69) is 36.4 Å². The Morgan fingerprint density at radius 1 is 1.33 bits per heavy atom. The van der Waals surface area contributed by atoms with Crippen molar-refractivity contribution in [3.63, 3.8) is 0 Å². The first-order chi connectivity index (χ1) is 7.27. The number of aromatic nitrogens is 1. The van der Waals surface area contributed by atoms with Gasteiger partial charge in [-0.1, -0.05) is 20.3 Å². The summed E-state index contributed by atoms with van der Waals surface area (Å²) in [5, 5.41) is 3.70. The van der Waals surface area contributed by atoms with Crippen LogP contribution in [0.3, 0.4) is 0 Å². The second-order valence-electron chi connectivity index (χ2n) is 5.01. The Balaban J connectivity index is 1.86. The molecule has 1 saturated carbocycles. The first-order valence-corrected chi connectivity index (χ1v) is 6.12. The fourth-order valence-electron chi connectivity index (χ4n) is 2.79. The summed E-state index contributed by atoms with van der Waals surface area (Å²) in [6.07, 6.45) is 8.24. The zero-order chi connectivity index (χ0) is 10.7. The van der Waals surface area contributed by atoms with Gasteiger partial charge >= 0.3 is 0 Å². The van der Waals surface area contributed by atoms with Gasteiger partial charge in [-0.3, -0.25) is 0 Å². The molecule has 0 saturated heterocycles. The largest absolute Gasteiger partial charge is 0.367 e. The Morgan fingerprint density at radius 2 is 2.07 bits per heavy atom. The van der Waals surface area contributed by atoms with Crippen LogP contribution in [0.25, 0.3) is 0 Å². The van der Waals surface area contributed by atoms with Gasteiger partial charge in [0.2, 0.25) is 0 Å². The minimum Gasteiger partial charge on any atom is -0.367 e. The summed E-state index contributed by atoms with van der Waals surface area (Å²) in [7, 11) is 0. The van der Waals surface area contributed by atoms with E-state index in [1.54, 1.807) is 0 Å². The Kier molecular flexibility index (Phi) is 3.47. The molecule has 1 aromatic heterocycles. The Bertz CT molecular complexity index is 269. The van der Waals surface area contributed by atoms with Gasteiger partial charge in [0.1, 0.15) is 0 Å². The molecule has 1 aliphatic rings. The summed E-state index contributed by atoms with van der Waals surface area (Å²) in [5.41, 5.74) is 1.36. The number of rotatable bonds is 3. The maximum atomic E-state index is 3.70. The van der Waals surface area contributed by atoms with Gasteiger partial charge < -0.3 is 10.3 Å². The van der Waals surface area contributed by atoms with Gasteiger partial charge in [-0.25, -0.2) is 0 Å². The molecule has 0 amide bonds. The van der Waals surface area contributed by atoms with Crippen LogP contribution >= 0.6 is 0 Å². The Morgan fingerprint density at radius 3 is 2.67 bits per heavy atom. The fraction of sp³-hybridized carbons (Fsp3) is 0.692. The third-order valence-corrected chi connectivity index (χ3v) is 3.75. The zero-order valence-electron chi connectivity index (χ0n) is 9.79. The molecule has 1 heterocycles. The predicted molar refractivity (Wildman–Crippen MR) is 63.6 cm³/mol. The van der Waals surface area contributed by atoms with Crippen molar-refractivity contribution < 1.29 is 0 Å². The summed E-state index contributed by atoms with van der Waals surface area (Å²) >= 11 is 0. The molecule has 1 aliphatic carbocycles. The molecule has 2 heteroatoms. The lowest BCUT2D eigenvalue weighted by Crippen LogP contribution is -2.42. The van der Waals surface area contributed by atoms with Crippen LogP contribution < -0.4 is 5.32 Å². The first kappa shape index (κ1) is 10.7. The van der Waals surface area contributed by atoms with Crippen molar-refractivity contribution in [3.05, 3.63) is 24.0 Å². The summed E-state index contributed by atoms with van der Waals surface area (Å²) in [6.45, 7) is 5.76. The fourth-order valence-corrected chi connectivity index (χ4v) is 2.79. The van der Waals surface area contributed by atoms with E-state index in [1.165, 1.54) is 24.8 Å². The third-order valence-electron chi connectivity index (χ3n) is 3.75. The molecule has 0 radical (unpaired) electrons. The van der Waals surface area contributed by atoms with Crippen LogP contribution in [0.1, 0.15) is 38.7 Å². The van der Waals surface area contributed by atoms with Crippen molar-refractivity contribution in [3.8, 4) is 0 Å². The average molecular weight is 206 g/mol. The van der Waals surface area contributed by atoms with Crippen molar-refractivity contribution in [2.75, 3.05) is 0 Å². The highest BCUT2D eigenvalue weighted by Crippen LogP contribution is 2.28. The predicted octanol–water partition coefficient (Wildman–Crippen LogP) is 2.93. The van der Waals surface area contributed by atoms with E-state index in [0.29, 0.717) is 6.04 Å². The maximum Gasteiger partial charge on any atom is 0.0223 e. The maximum absolute atomic E-state index is 3.70. The smallest absolute Gasteiger partial charge is 0.0223 e. The lowest BCUT2D eigenvalue weighted by atomic mass is 9.79. The van der Waals surface area contributed by atoms with E-state index in [1.807, 2.05) is 6.20 Å². The lowest BCUT2D eigenvalue weighted by molar-refractivity contribution is 0.208. The molecule has 0 aromatic carbocycles. The molecule has 84 valence electrons. The summed E-state index contributed by atoms with van der Waals surface area (Å²) in [4.78, 5) is 3.10. The van der Waals surface area contributed by atoms with Gasteiger partial charge in [0.15, 0.2) is 0 Å². The zero-order valence-corrected chi connectivity index (χ0v) is 9.79. The molecule has 2 atom stereocenters. The van der Waals surface area contributed by atoms with Crippen molar-refractivity contribution in [2.24, 2.45) is 11.8 Å². The molecule has 1 fully saturated rings. The van der Waals surface area contributed by atoms with Crippen molar-refractivity contribution in [1.29, 1.82) is 0 Å². The summed E-state index contributed by atoms with van der Waals surface area (Å²) in [5.74, 6) is 1.65. The van der Waals surface area contributed by atoms with Crippen LogP contribution in [0.2, 0.25) is 0 Å². The SMILES string of the molecule is CC1CCCC(C)C1NCc1cc[nH]c1. The molecule has 15 heavy (non-hydrogen) atoms. The first-order valence-electron chi connectivity index (χ1n) is 6.12. The number of nitrogens with one attached hydrogen (secondary N) is 2. The molecular formula is C13H22N2. The highest BCUT2D eigenvalue weighted by atomic mass is 14.9. The van der Waals surface area contributed by atoms with E-state index in [-0.39, 0.29) is 0 Å². The van der Waals surface area contributed by atoms with E-state index in [0.717, 1.165) is 18.4 Å². The molecule has 0 bridgehead atoms. The number of hydrogen-bond acceptors (Lipinski definition) is 1. The number of hydrogen-bond donors (Lipinski definition) is 2. The monoisotopic (exact) mass is 206 g/mol. The second-order valence-corrected chi connectivity index (χ2v) is 5.01. The standard InChI is InChI=1S/C13H22N2/c1-10-4-3-5-11(2)13(10)15-9-12-6-7-14-8-12/h6-8,10-11,13-15H,3-5,9H2,1-2H3. The summed E-state index contributed by atoms with van der Waals surface area (Å²) in [6, 6.07) is 2.85. The van der Waals surface area contributed by atoms with Crippen molar-refractivity contribution >= 4 is 0 Å². The topological polar surface area (TPSA) is 27.8 Å². The van der Waals surface area contributed by atoms with E-state index >= 15 is 0 Å². The molecule has 0 spiro atoms. The van der Waals surface area contributed by atoms with Gasteiger partial charge in [-0.05, 0) is 36.3 Å². The van der Waals surface area contributed by atoms with Gasteiger partial charge in [0.25, 0.3) is 0 Å². The molecule has 0 aliphatic heterocycles. The molecule has 1 aromatic rings. The minimum atomic E-state index is 0.702. The van der Waals surface area contributed by atoms with E-state index in [9.17, 15) is 0 Å². The molecular weight excluding hydrogens is 184 g/mol. The molecule has 2 nitrogen and oxygen atoms in total. The lowest BCUT2D eigenvalue weighted by Gasteiger charge is -2.35. The number of aromatic amines is 1. The van der Waals surface area contributed by atoms with Crippen LogP contribution in [0, 0.1) is 11.8 Å². The van der Waals surface area contributed by atoms with Crippen LogP contribution in [0.4, 0.5) is 0 Å². The average Bonchev–Trinajstić information content (AvgIpc) is 2.70. The Labute approximate surface area is 92.5 Å². The molecule has 2 unspecified atom stereocenters. The highest BCUT2D eigenvalue weighted by Gasteiger charge is 2.26.